The molecule has 0 saturated carbocycles. The highest BCUT2D eigenvalue weighted by atomic mass is 79.9. The molecule has 8 heteroatoms. The zero-order valence-corrected chi connectivity index (χ0v) is 20.7. The number of aliphatic carboxylic acids is 1. The monoisotopic (exact) mass is 543 g/mol. The third-order valence-corrected chi connectivity index (χ3v) is 6.72. The molecule has 1 aromatic heterocycles. The third-order valence-electron chi connectivity index (χ3n) is 6.22. The Labute approximate surface area is 215 Å². The summed E-state index contributed by atoms with van der Waals surface area (Å²) in [5.41, 5.74) is 3.77. The molecule has 0 radical (unpaired) electrons. The minimum Gasteiger partial charge on any atom is -0.481 e. The molecular weight excluding hydrogens is 522 g/mol. The van der Waals surface area contributed by atoms with Crippen molar-refractivity contribution < 1.29 is 14.7 Å². The van der Waals surface area contributed by atoms with E-state index in [2.05, 4.69) is 26.0 Å². The Balaban J connectivity index is 1.68. The van der Waals surface area contributed by atoms with E-state index in [9.17, 15) is 14.4 Å². The fraction of sp³-hybridized carbons (Fsp3) is 0.143. The van der Waals surface area contributed by atoms with Gasteiger partial charge in [-0.1, -0.05) is 76.6 Å². The number of rotatable bonds is 6. The lowest BCUT2D eigenvalue weighted by molar-refractivity contribution is -0.141. The van der Waals surface area contributed by atoms with Gasteiger partial charge in [0.2, 0.25) is 5.91 Å². The summed E-state index contributed by atoms with van der Waals surface area (Å²) in [6.07, 6.45) is -0.163. The lowest BCUT2D eigenvalue weighted by Crippen LogP contribution is -2.27. The van der Waals surface area contributed by atoms with Crippen molar-refractivity contribution in [1.82, 2.24) is 9.99 Å². The molecule has 1 aliphatic rings. The van der Waals surface area contributed by atoms with Gasteiger partial charge in [0, 0.05) is 33.8 Å². The number of para-hydroxylation sites is 1. The summed E-state index contributed by atoms with van der Waals surface area (Å²) in [4.78, 5) is 40.7. The molecule has 0 aliphatic carbocycles. The number of benzene rings is 3. The Morgan fingerprint density at radius 1 is 0.972 bits per heavy atom. The summed E-state index contributed by atoms with van der Waals surface area (Å²) >= 11 is 3.48. The molecule has 1 unspecified atom stereocenters. The Morgan fingerprint density at radius 2 is 1.72 bits per heavy atom. The second-order valence-corrected chi connectivity index (χ2v) is 9.49. The fourth-order valence-corrected chi connectivity index (χ4v) is 5.03. The number of carboxylic acid groups (broad SMARTS) is 1. The molecule has 0 fully saturated rings. The van der Waals surface area contributed by atoms with Crippen LogP contribution in [-0.2, 0) is 9.59 Å². The van der Waals surface area contributed by atoms with Gasteiger partial charge in [-0.25, -0.2) is 5.01 Å². The molecule has 1 atom stereocenters. The number of carbonyl (C=O) groups excluding carboxylic acids is 1. The largest absolute Gasteiger partial charge is 0.481 e. The average molecular weight is 544 g/mol. The summed E-state index contributed by atoms with van der Waals surface area (Å²) < 4.78 is 0.847. The SMILES string of the molecule is O=C(O)CCC(=O)N1N=C(c2c(-c3ccccc3)c3ccccc3[nH]c2=O)CC1c1cccc(Br)c1. The highest BCUT2D eigenvalue weighted by Gasteiger charge is 2.35. The number of fused-ring (bicyclic) bond motifs is 1. The first-order valence-corrected chi connectivity index (χ1v) is 12.3. The predicted molar refractivity (Wildman–Crippen MR) is 142 cm³/mol. The minimum atomic E-state index is -1.05. The maximum atomic E-state index is 13.5. The number of carboxylic acids is 1. The summed E-state index contributed by atoms with van der Waals surface area (Å²) in [5, 5.41) is 16.0. The molecular formula is C28H22BrN3O4. The van der Waals surface area contributed by atoms with Gasteiger partial charge < -0.3 is 10.1 Å². The molecule has 0 saturated heterocycles. The van der Waals surface area contributed by atoms with Gasteiger partial charge in [0.25, 0.3) is 5.56 Å². The normalized spacial score (nSPS) is 15.2. The highest BCUT2D eigenvalue weighted by molar-refractivity contribution is 9.10. The third kappa shape index (κ3) is 4.59. The van der Waals surface area contributed by atoms with Gasteiger partial charge in [-0.2, -0.15) is 5.10 Å². The molecule has 2 N–H and O–H groups in total. The molecule has 0 spiro atoms. The molecule has 7 nitrogen and oxygen atoms in total. The minimum absolute atomic E-state index is 0.184. The maximum Gasteiger partial charge on any atom is 0.303 e. The topological polar surface area (TPSA) is 103 Å². The van der Waals surface area contributed by atoms with E-state index in [0.29, 0.717) is 23.2 Å². The van der Waals surface area contributed by atoms with Crippen LogP contribution in [0.4, 0.5) is 0 Å². The molecule has 1 amide bonds. The van der Waals surface area contributed by atoms with E-state index in [-0.39, 0.29) is 18.4 Å². The first-order valence-electron chi connectivity index (χ1n) is 11.5. The van der Waals surface area contributed by atoms with Crippen molar-refractivity contribution in [3.63, 3.8) is 0 Å². The van der Waals surface area contributed by atoms with Crippen LogP contribution in [0.5, 0.6) is 0 Å². The Kier molecular flexibility index (Phi) is 6.52. The van der Waals surface area contributed by atoms with E-state index in [1.165, 1.54) is 5.01 Å². The molecule has 36 heavy (non-hydrogen) atoms. The molecule has 2 heterocycles. The van der Waals surface area contributed by atoms with Crippen molar-refractivity contribution in [3.05, 3.63) is 105 Å². The van der Waals surface area contributed by atoms with Crippen molar-refractivity contribution in [2.24, 2.45) is 5.10 Å². The number of H-pyrrole nitrogens is 1. The summed E-state index contributed by atoms with van der Waals surface area (Å²) in [7, 11) is 0. The number of hydrazone groups is 1. The van der Waals surface area contributed by atoms with Crippen LogP contribution in [0, 0.1) is 0 Å². The number of aromatic nitrogens is 1. The fourth-order valence-electron chi connectivity index (χ4n) is 4.62. The second-order valence-electron chi connectivity index (χ2n) is 8.57. The van der Waals surface area contributed by atoms with E-state index in [4.69, 9.17) is 5.11 Å². The van der Waals surface area contributed by atoms with E-state index in [1.54, 1.807) is 0 Å². The molecule has 1 aliphatic heterocycles. The number of aromatic amines is 1. The van der Waals surface area contributed by atoms with E-state index >= 15 is 0 Å². The molecule has 180 valence electrons. The van der Waals surface area contributed by atoms with Crippen molar-refractivity contribution >= 4 is 44.4 Å². The number of hydrogen-bond acceptors (Lipinski definition) is 4. The Morgan fingerprint density at radius 3 is 2.47 bits per heavy atom. The van der Waals surface area contributed by atoms with Crippen molar-refractivity contribution in [2.75, 3.05) is 0 Å². The predicted octanol–water partition coefficient (Wildman–Crippen LogP) is 5.50. The summed E-state index contributed by atoms with van der Waals surface area (Å²) in [6, 6.07) is 24.3. The molecule has 4 aromatic rings. The first-order chi connectivity index (χ1) is 17.4. The lowest BCUT2D eigenvalue weighted by Gasteiger charge is -2.22. The summed E-state index contributed by atoms with van der Waals surface area (Å²) in [5.74, 6) is -1.46. The van der Waals surface area contributed by atoms with Crippen LogP contribution in [0.1, 0.15) is 36.4 Å². The van der Waals surface area contributed by atoms with Gasteiger partial charge >= 0.3 is 5.97 Å². The van der Waals surface area contributed by atoms with Crippen LogP contribution in [0.15, 0.2) is 93.2 Å². The van der Waals surface area contributed by atoms with Gasteiger partial charge in [-0.05, 0) is 29.3 Å². The Hall–Kier alpha value is -4.04. The number of amides is 1. The smallest absolute Gasteiger partial charge is 0.303 e. The van der Waals surface area contributed by atoms with Gasteiger partial charge in [-0.15, -0.1) is 0 Å². The van der Waals surface area contributed by atoms with Crippen molar-refractivity contribution in [3.8, 4) is 11.1 Å². The van der Waals surface area contributed by atoms with Gasteiger partial charge in [0.05, 0.1) is 23.7 Å². The molecule has 0 bridgehead atoms. The van der Waals surface area contributed by atoms with Crippen LogP contribution in [0.2, 0.25) is 0 Å². The first kappa shape index (κ1) is 23.7. The molecule has 5 rings (SSSR count). The van der Waals surface area contributed by atoms with Gasteiger partial charge in [-0.3, -0.25) is 14.4 Å². The van der Waals surface area contributed by atoms with E-state index in [0.717, 1.165) is 26.5 Å². The van der Waals surface area contributed by atoms with Crippen LogP contribution in [0.25, 0.3) is 22.0 Å². The van der Waals surface area contributed by atoms with Crippen molar-refractivity contribution in [2.45, 2.75) is 25.3 Å². The van der Waals surface area contributed by atoms with E-state index < -0.39 is 17.9 Å². The van der Waals surface area contributed by atoms with Crippen LogP contribution in [0.3, 0.4) is 0 Å². The number of nitrogens with one attached hydrogen (secondary N) is 1. The van der Waals surface area contributed by atoms with Crippen LogP contribution in [-0.4, -0.2) is 32.7 Å². The highest BCUT2D eigenvalue weighted by Crippen LogP contribution is 2.37. The zero-order chi connectivity index (χ0) is 25.2. The maximum absolute atomic E-state index is 13.5. The Bertz CT molecular complexity index is 1560. The number of pyridine rings is 1. The van der Waals surface area contributed by atoms with Crippen molar-refractivity contribution in [1.29, 1.82) is 0 Å². The van der Waals surface area contributed by atoms with Gasteiger partial charge in [0.15, 0.2) is 0 Å². The summed E-state index contributed by atoms with van der Waals surface area (Å²) in [6.45, 7) is 0. The number of halogens is 1. The molecule has 3 aromatic carbocycles. The number of carbonyl (C=O) groups is 2. The number of nitrogens with zero attached hydrogens (tertiary/aromatic N) is 2. The standard InChI is InChI=1S/C28H22BrN3O4/c29-19-10-6-9-18(15-19)23-16-22(31-32(23)24(33)13-14-25(34)35)27-26(17-7-2-1-3-8-17)20-11-4-5-12-21(20)30-28(27)36/h1-12,15,23H,13-14,16H2,(H,30,36)(H,34,35). The number of hydrogen-bond donors (Lipinski definition) is 2. The van der Waals surface area contributed by atoms with Crippen LogP contribution < -0.4 is 5.56 Å². The van der Waals surface area contributed by atoms with E-state index in [1.807, 2.05) is 78.9 Å². The lowest BCUT2D eigenvalue weighted by atomic mass is 9.91. The zero-order valence-electron chi connectivity index (χ0n) is 19.1. The average Bonchev–Trinajstić information content (AvgIpc) is 3.32. The van der Waals surface area contributed by atoms with Crippen LogP contribution >= 0.6 is 15.9 Å². The quantitative estimate of drug-likeness (QED) is 0.335. The van der Waals surface area contributed by atoms with Gasteiger partial charge in [0.1, 0.15) is 0 Å². The second kappa shape index (κ2) is 9.91.